The van der Waals surface area contributed by atoms with E-state index in [1.165, 1.54) is 18.2 Å². The fourth-order valence-corrected chi connectivity index (χ4v) is 2.42. The summed E-state index contributed by atoms with van der Waals surface area (Å²) in [5.41, 5.74) is -1.24. The number of hydrogen-bond acceptors (Lipinski definition) is 8. The van der Waals surface area contributed by atoms with Gasteiger partial charge in [-0.15, -0.1) is 0 Å². The first-order valence-electron chi connectivity index (χ1n) is 6.50. The van der Waals surface area contributed by atoms with Crippen LogP contribution in [-0.4, -0.2) is 65.6 Å². The first-order valence-corrected chi connectivity index (χ1v) is 6.50. The van der Waals surface area contributed by atoms with E-state index in [-0.39, 0.29) is 0 Å². The van der Waals surface area contributed by atoms with E-state index in [2.05, 4.69) is 4.74 Å². The van der Waals surface area contributed by atoms with Crippen molar-refractivity contribution >= 4 is 18.0 Å². The number of fused-ring (bicyclic) bond motifs is 1. The number of aliphatic hydroxyl groups is 2. The molecule has 0 aromatic rings. The lowest BCUT2D eigenvalue weighted by Crippen LogP contribution is -2.55. The Bertz CT molecular complexity index is 551. The van der Waals surface area contributed by atoms with Crippen molar-refractivity contribution in [2.24, 2.45) is 0 Å². The second-order valence-electron chi connectivity index (χ2n) is 4.98. The third kappa shape index (κ3) is 2.61. The van der Waals surface area contributed by atoms with Crippen LogP contribution in [0.5, 0.6) is 0 Å². The number of rotatable bonds is 5. The molecule has 2 N–H and O–H groups in total. The Morgan fingerprint density at radius 3 is 2.77 bits per heavy atom. The Morgan fingerprint density at radius 2 is 2.18 bits per heavy atom. The van der Waals surface area contributed by atoms with Crippen LogP contribution in [0.15, 0.2) is 23.8 Å². The quantitative estimate of drug-likeness (QED) is 0.210. The van der Waals surface area contributed by atoms with E-state index in [9.17, 15) is 24.6 Å². The summed E-state index contributed by atoms with van der Waals surface area (Å²) in [6, 6.07) is 0. The monoisotopic (exact) mass is 312 g/mol. The minimum Gasteiger partial charge on any atom is -0.467 e. The van der Waals surface area contributed by atoms with E-state index in [4.69, 9.17) is 9.47 Å². The topological polar surface area (TPSA) is 123 Å². The number of aliphatic hydroxyl groups excluding tert-OH is 2. The molecule has 0 aromatic carbocycles. The third-order valence-corrected chi connectivity index (χ3v) is 3.58. The van der Waals surface area contributed by atoms with Gasteiger partial charge in [-0.2, -0.15) is 0 Å². The van der Waals surface area contributed by atoms with Gasteiger partial charge < -0.3 is 24.4 Å². The third-order valence-electron chi connectivity index (χ3n) is 3.58. The van der Waals surface area contributed by atoms with Crippen LogP contribution in [0.3, 0.4) is 0 Å². The normalized spacial score (nSPS) is 35.9. The summed E-state index contributed by atoms with van der Waals surface area (Å²) in [6.07, 6.45) is -1.12. The van der Waals surface area contributed by atoms with Crippen LogP contribution in [-0.2, 0) is 28.6 Å². The summed E-state index contributed by atoms with van der Waals surface area (Å²) in [5, 5.41) is 19.9. The molecule has 2 rings (SSSR count). The molecule has 8 nitrogen and oxygen atoms in total. The number of esters is 1. The first kappa shape index (κ1) is 16.5. The van der Waals surface area contributed by atoms with Gasteiger partial charge in [0.05, 0.1) is 7.11 Å². The number of ether oxygens (including phenoxy) is 3. The highest BCUT2D eigenvalue weighted by atomic mass is 16.7. The van der Waals surface area contributed by atoms with Crippen LogP contribution in [0.4, 0.5) is 0 Å². The molecule has 0 radical (unpaired) electrons. The number of ketones is 1. The summed E-state index contributed by atoms with van der Waals surface area (Å²) in [4.78, 5) is 33.9. The van der Waals surface area contributed by atoms with Gasteiger partial charge in [0.1, 0.15) is 18.5 Å². The van der Waals surface area contributed by atoms with E-state index in [0.717, 1.165) is 7.11 Å². The van der Waals surface area contributed by atoms with Crippen LogP contribution >= 0.6 is 0 Å². The molecule has 2 saturated heterocycles. The van der Waals surface area contributed by atoms with Gasteiger partial charge in [0.2, 0.25) is 12.1 Å². The molecule has 5 atom stereocenters. The molecular formula is C14H16O8. The standard InChI is InChI=1S/C14H16O8/c1-7(4-3-5-15)6-8(16)14-10(17)13(19)21-9(11(14)22-14)12(18)20-2/h3-6,8-9,11,13,16,19H,1-2H3/t8-,9-,11-,13-,14+/m1/s1. The largest absolute Gasteiger partial charge is 0.467 e. The molecule has 2 aliphatic heterocycles. The lowest BCUT2D eigenvalue weighted by atomic mass is 9.87. The maximum atomic E-state index is 12.1. The van der Waals surface area contributed by atoms with E-state index in [1.807, 2.05) is 0 Å². The number of Topliss-reactive ketones (excluding diaryl/α,β-unsaturated/α-hetero) is 1. The van der Waals surface area contributed by atoms with Gasteiger partial charge >= 0.3 is 5.97 Å². The van der Waals surface area contributed by atoms with E-state index in [0.29, 0.717) is 11.9 Å². The van der Waals surface area contributed by atoms with Crippen LogP contribution in [0.1, 0.15) is 6.92 Å². The zero-order chi connectivity index (χ0) is 16.5. The van der Waals surface area contributed by atoms with Crippen molar-refractivity contribution in [1.82, 2.24) is 0 Å². The van der Waals surface area contributed by atoms with E-state index in [1.54, 1.807) is 6.92 Å². The van der Waals surface area contributed by atoms with Crippen molar-refractivity contribution in [2.45, 2.75) is 37.1 Å². The van der Waals surface area contributed by atoms with Crippen molar-refractivity contribution in [1.29, 1.82) is 0 Å². The molecule has 2 heterocycles. The highest BCUT2D eigenvalue weighted by Crippen LogP contribution is 2.48. The van der Waals surface area contributed by atoms with Crippen molar-refractivity contribution in [3.63, 3.8) is 0 Å². The maximum Gasteiger partial charge on any atom is 0.338 e. The molecular weight excluding hydrogens is 296 g/mol. The Kier molecular flexibility index (Phi) is 4.57. The minimum atomic E-state index is -1.89. The van der Waals surface area contributed by atoms with Crippen molar-refractivity contribution in [3.05, 3.63) is 23.8 Å². The predicted octanol–water partition coefficient (Wildman–Crippen LogP) is -1.35. The second kappa shape index (κ2) is 6.09. The van der Waals surface area contributed by atoms with E-state index < -0.39 is 42.0 Å². The molecule has 0 amide bonds. The molecule has 0 unspecified atom stereocenters. The van der Waals surface area contributed by atoms with Crippen LogP contribution in [0, 0.1) is 0 Å². The molecule has 120 valence electrons. The van der Waals surface area contributed by atoms with Gasteiger partial charge in [-0.1, -0.05) is 11.6 Å². The Balaban J connectivity index is 2.25. The van der Waals surface area contributed by atoms with Gasteiger partial charge in [0.25, 0.3) is 0 Å². The highest BCUT2D eigenvalue weighted by Gasteiger charge is 2.75. The predicted molar refractivity (Wildman–Crippen MR) is 70.5 cm³/mol. The summed E-state index contributed by atoms with van der Waals surface area (Å²) < 4.78 is 14.6. The van der Waals surface area contributed by atoms with Crippen LogP contribution < -0.4 is 0 Å². The Hall–Kier alpha value is -1.87. The van der Waals surface area contributed by atoms with Gasteiger partial charge in [0, 0.05) is 0 Å². The van der Waals surface area contributed by atoms with Crippen LogP contribution in [0.2, 0.25) is 0 Å². The van der Waals surface area contributed by atoms with Gasteiger partial charge in [-0.05, 0) is 19.1 Å². The smallest absolute Gasteiger partial charge is 0.338 e. The lowest BCUT2D eigenvalue weighted by molar-refractivity contribution is -0.193. The first-order chi connectivity index (χ1) is 10.4. The number of allylic oxidation sites excluding steroid dienone is 3. The molecule has 0 aromatic heterocycles. The molecule has 0 saturated carbocycles. The number of hydrogen-bond donors (Lipinski definition) is 2. The Morgan fingerprint density at radius 1 is 1.50 bits per heavy atom. The average Bonchev–Trinajstić information content (AvgIpc) is 3.25. The van der Waals surface area contributed by atoms with Gasteiger partial charge in [-0.3, -0.25) is 9.59 Å². The zero-order valence-electron chi connectivity index (χ0n) is 12.0. The number of aldehydes is 1. The molecule has 0 spiro atoms. The van der Waals surface area contributed by atoms with Gasteiger partial charge in [-0.25, -0.2) is 4.79 Å². The minimum absolute atomic E-state index is 0.506. The number of methoxy groups -OCH3 is 1. The summed E-state index contributed by atoms with van der Waals surface area (Å²) in [7, 11) is 1.13. The van der Waals surface area contributed by atoms with Gasteiger partial charge in [0.15, 0.2) is 11.7 Å². The lowest BCUT2D eigenvalue weighted by Gasteiger charge is -2.27. The number of carbonyl (C=O) groups excluding carboxylic acids is 3. The molecule has 2 aliphatic rings. The maximum absolute atomic E-state index is 12.1. The SMILES string of the molecule is COC(=O)[C@@H]1O[C@@H](O)C(=O)[C@]2([C@H](O)C=C(C)C=CC=O)O[C@H]12. The van der Waals surface area contributed by atoms with Crippen molar-refractivity contribution in [2.75, 3.05) is 7.11 Å². The Labute approximate surface area is 126 Å². The summed E-state index contributed by atoms with van der Waals surface area (Å²) in [5.74, 6) is -1.68. The van der Waals surface area contributed by atoms with Crippen LogP contribution in [0.25, 0.3) is 0 Å². The van der Waals surface area contributed by atoms with Crippen molar-refractivity contribution < 1.29 is 38.8 Å². The average molecular weight is 312 g/mol. The molecule has 2 fully saturated rings. The number of epoxide rings is 1. The van der Waals surface area contributed by atoms with E-state index >= 15 is 0 Å². The highest BCUT2D eigenvalue weighted by molar-refractivity contribution is 5.97. The fraction of sp³-hybridized carbons (Fsp3) is 0.500. The summed E-state index contributed by atoms with van der Waals surface area (Å²) >= 11 is 0. The second-order valence-corrected chi connectivity index (χ2v) is 4.98. The molecule has 0 aliphatic carbocycles. The zero-order valence-corrected chi connectivity index (χ0v) is 12.0. The van der Waals surface area contributed by atoms with Crippen molar-refractivity contribution in [3.8, 4) is 0 Å². The number of carbonyl (C=O) groups is 3. The fourth-order valence-electron chi connectivity index (χ4n) is 2.42. The molecule has 22 heavy (non-hydrogen) atoms. The molecule has 8 heteroatoms. The molecule has 0 bridgehead atoms. The summed E-state index contributed by atoms with van der Waals surface area (Å²) in [6.45, 7) is 1.61.